The lowest BCUT2D eigenvalue weighted by Crippen LogP contribution is -2.55. The average Bonchev–Trinajstić information content (AvgIpc) is 2.81. The first kappa shape index (κ1) is 15.5. The maximum absolute atomic E-state index is 11.7. The van der Waals surface area contributed by atoms with Crippen LogP contribution in [0.4, 0.5) is 0 Å². The molecule has 2 rings (SSSR count). The number of aliphatic carboxylic acids is 1. The normalized spacial score (nSPS) is 15.0. The highest BCUT2D eigenvalue weighted by atomic mass is 32.2. The molecule has 1 aromatic carbocycles. The molecule has 7 nitrogen and oxygen atoms in total. The first-order valence-electron chi connectivity index (χ1n) is 6.42. The minimum Gasteiger partial charge on any atom is -0.480 e. The van der Waals surface area contributed by atoms with E-state index >= 15 is 0 Å². The summed E-state index contributed by atoms with van der Waals surface area (Å²) in [6.45, 7) is 2.75. The molecule has 1 aromatic heterocycles. The van der Waals surface area contributed by atoms with Gasteiger partial charge in [0, 0.05) is 0 Å². The van der Waals surface area contributed by atoms with E-state index in [1.807, 2.05) is 12.1 Å². The van der Waals surface area contributed by atoms with Gasteiger partial charge in [-0.25, -0.2) is 13.4 Å². The van der Waals surface area contributed by atoms with Crippen molar-refractivity contribution in [1.82, 2.24) is 14.3 Å². The van der Waals surface area contributed by atoms with Gasteiger partial charge >= 0.3 is 5.97 Å². The van der Waals surface area contributed by atoms with E-state index in [1.165, 1.54) is 20.2 Å². The summed E-state index contributed by atoms with van der Waals surface area (Å²) in [4.78, 5) is 15.7. The van der Waals surface area contributed by atoms with Crippen molar-refractivity contribution in [3.05, 3.63) is 30.6 Å². The van der Waals surface area contributed by atoms with Crippen molar-refractivity contribution in [1.29, 1.82) is 0 Å². The van der Waals surface area contributed by atoms with Gasteiger partial charge < -0.3 is 9.67 Å². The highest BCUT2D eigenvalue weighted by Gasteiger charge is 2.37. The van der Waals surface area contributed by atoms with Crippen molar-refractivity contribution in [2.75, 3.05) is 5.75 Å². The van der Waals surface area contributed by atoms with Crippen molar-refractivity contribution in [3.63, 3.8) is 0 Å². The summed E-state index contributed by atoms with van der Waals surface area (Å²) in [6, 6.07) is 7.25. The molecule has 0 aliphatic carbocycles. The van der Waals surface area contributed by atoms with Crippen LogP contribution in [0.1, 0.15) is 13.8 Å². The van der Waals surface area contributed by atoms with Crippen molar-refractivity contribution in [2.45, 2.75) is 25.9 Å². The van der Waals surface area contributed by atoms with Gasteiger partial charge in [0.05, 0.1) is 29.7 Å². The Morgan fingerprint density at radius 2 is 2.10 bits per heavy atom. The van der Waals surface area contributed by atoms with Crippen LogP contribution in [0.3, 0.4) is 0 Å². The summed E-state index contributed by atoms with van der Waals surface area (Å²) in [5.74, 6) is -1.42. The van der Waals surface area contributed by atoms with Crippen LogP contribution in [0.2, 0.25) is 0 Å². The van der Waals surface area contributed by atoms with Crippen LogP contribution < -0.4 is 4.72 Å². The number of hydrogen-bond donors (Lipinski definition) is 2. The van der Waals surface area contributed by atoms with E-state index in [1.54, 1.807) is 16.7 Å². The van der Waals surface area contributed by atoms with Crippen molar-refractivity contribution in [3.8, 4) is 0 Å². The van der Waals surface area contributed by atoms with Gasteiger partial charge in [-0.2, -0.15) is 4.72 Å². The third-order valence-electron chi connectivity index (χ3n) is 3.25. The molecule has 0 aliphatic heterocycles. The zero-order chi connectivity index (χ0) is 15.7. The quantitative estimate of drug-likeness (QED) is 0.822. The Morgan fingerprint density at radius 1 is 1.43 bits per heavy atom. The van der Waals surface area contributed by atoms with Gasteiger partial charge in [-0.3, -0.25) is 4.79 Å². The average molecular weight is 311 g/mol. The molecular formula is C13H17N3O4S. The number of sulfonamides is 1. The van der Waals surface area contributed by atoms with Gasteiger partial charge in [0.15, 0.2) is 0 Å². The van der Waals surface area contributed by atoms with E-state index in [-0.39, 0.29) is 12.3 Å². The van der Waals surface area contributed by atoms with E-state index in [0.717, 1.165) is 11.0 Å². The molecule has 2 aromatic rings. The van der Waals surface area contributed by atoms with Gasteiger partial charge in [0.25, 0.3) is 0 Å². The number of nitrogens with zero attached hydrogens (tertiary/aromatic N) is 2. The topological polar surface area (TPSA) is 101 Å². The number of imidazole rings is 1. The fraction of sp³-hybridized carbons (Fsp3) is 0.385. The SMILES string of the molecule is CCS(=O)(=O)NC(C)(Cn1cnc2ccccc21)C(=O)O. The Hall–Kier alpha value is -1.93. The fourth-order valence-corrected chi connectivity index (χ4v) is 3.02. The zero-order valence-electron chi connectivity index (χ0n) is 11.8. The number of carboxylic acids is 1. The van der Waals surface area contributed by atoms with Gasteiger partial charge in [0.2, 0.25) is 10.0 Å². The van der Waals surface area contributed by atoms with E-state index in [0.29, 0.717) is 0 Å². The lowest BCUT2D eigenvalue weighted by Gasteiger charge is -2.26. The molecule has 21 heavy (non-hydrogen) atoms. The number of carbonyl (C=O) groups is 1. The van der Waals surface area contributed by atoms with Crippen LogP contribution in [-0.2, 0) is 21.4 Å². The van der Waals surface area contributed by atoms with Crippen molar-refractivity contribution in [2.24, 2.45) is 0 Å². The Balaban J connectivity index is 2.38. The largest absolute Gasteiger partial charge is 0.480 e. The number of nitrogens with one attached hydrogen (secondary N) is 1. The van der Waals surface area contributed by atoms with E-state index in [9.17, 15) is 18.3 Å². The number of carboxylic acid groups (broad SMARTS) is 1. The molecule has 1 heterocycles. The molecule has 0 saturated heterocycles. The molecule has 1 atom stereocenters. The standard InChI is InChI=1S/C13H17N3O4S/c1-3-21(19,20)15-13(2,12(17)18)8-16-9-14-10-6-4-5-7-11(10)16/h4-7,9,15H,3,8H2,1-2H3,(H,17,18). The van der Waals surface area contributed by atoms with Crippen LogP contribution in [0.5, 0.6) is 0 Å². The van der Waals surface area contributed by atoms with Crippen LogP contribution in [0, 0.1) is 0 Å². The highest BCUT2D eigenvalue weighted by molar-refractivity contribution is 7.89. The van der Waals surface area contributed by atoms with Gasteiger partial charge in [-0.15, -0.1) is 0 Å². The molecule has 0 saturated carbocycles. The van der Waals surface area contributed by atoms with Crippen molar-refractivity contribution < 1.29 is 18.3 Å². The van der Waals surface area contributed by atoms with Crippen molar-refractivity contribution >= 4 is 27.0 Å². The van der Waals surface area contributed by atoms with Gasteiger partial charge in [-0.1, -0.05) is 12.1 Å². The second-order valence-electron chi connectivity index (χ2n) is 5.00. The summed E-state index contributed by atoms with van der Waals surface area (Å²) in [5.41, 5.74) is -0.164. The predicted octanol–water partition coefficient (Wildman–Crippen LogP) is 0.819. The molecule has 0 aliphatic rings. The summed E-state index contributed by atoms with van der Waals surface area (Å²) >= 11 is 0. The first-order valence-corrected chi connectivity index (χ1v) is 8.07. The highest BCUT2D eigenvalue weighted by Crippen LogP contribution is 2.17. The molecular weight excluding hydrogens is 294 g/mol. The third kappa shape index (κ3) is 3.22. The van der Waals surface area contributed by atoms with Crippen LogP contribution in [-0.4, -0.2) is 40.3 Å². The molecule has 114 valence electrons. The van der Waals surface area contributed by atoms with E-state index < -0.39 is 21.5 Å². The molecule has 0 fully saturated rings. The second kappa shape index (κ2) is 5.45. The fourth-order valence-electron chi connectivity index (χ4n) is 2.04. The molecule has 8 heteroatoms. The Labute approximate surface area is 122 Å². The monoisotopic (exact) mass is 311 g/mol. The summed E-state index contributed by atoms with van der Waals surface area (Å²) in [7, 11) is -3.64. The van der Waals surface area contributed by atoms with Gasteiger partial charge in [-0.05, 0) is 26.0 Å². The number of rotatable bonds is 6. The second-order valence-corrected chi connectivity index (χ2v) is 7.01. The zero-order valence-corrected chi connectivity index (χ0v) is 12.6. The summed E-state index contributed by atoms with van der Waals surface area (Å²) < 4.78 is 27.3. The molecule has 1 unspecified atom stereocenters. The molecule has 0 spiro atoms. The van der Waals surface area contributed by atoms with Crippen LogP contribution in [0.15, 0.2) is 30.6 Å². The lowest BCUT2D eigenvalue weighted by atomic mass is 10.0. The summed E-state index contributed by atoms with van der Waals surface area (Å²) in [5, 5.41) is 9.40. The first-order chi connectivity index (χ1) is 9.77. The van der Waals surface area contributed by atoms with E-state index in [4.69, 9.17) is 0 Å². The smallest absolute Gasteiger partial charge is 0.326 e. The Kier molecular flexibility index (Phi) is 4.02. The molecule has 0 amide bonds. The number of hydrogen-bond acceptors (Lipinski definition) is 4. The number of benzene rings is 1. The molecule has 2 N–H and O–H groups in total. The molecule has 0 radical (unpaired) electrons. The third-order valence-corrected chi connectivity index (χ3v) is 4.77. The van der Waals surface area contributed by atoms with Gasteiger partial charge in [0.1, 0.15) is 5.54 Å². The number of para-hydroxylation sites is 2. The van der Waals surface area contributed by atoms with E-state index in [2.05, 4.69) is 9.71 Å². The van der Waals surface area contributed by atoms with Crippen LogP contribution >= 0.6 is 0 Å². The number of fused-ring (bicyclic) bond motifs is 1. The Morgan fingerprint density at radius 3 is 2.71 bits per heavy atom. The number of aromatic nitrogens is 2. The summed E-state index contributed by atoms with van der Waals surface area (Å²) in [6.07, 6.45) is 1.51. The molecule has 0 bridgehead atoms. The van der Waals surface area contributed by atoms with Crippen LogP contribution in [0.25, 0.3) is 11.0 Å². The lowest BCUT2D eigenvalue weighted by molar-refractivity contribution is -0.143. The Bertz CT molecular complexity index is 769. The minimum absolute atomic E-state index is 0.0535. The maximum atomic E-state index is 11.7. The predicted molar refractivity (Wildman–Crippen MR) is 78.4 cm³/mol. The minimum atomic E-state index is -3.64. The maximum Gasteiger partial charge on any atom is 0.326 e.